The number of hydrogen-bond acceptors (Lipinski definition) is 4. The Morgan fingerprint density at radius 2 is 1.93 bits per heavy atom. The van der Waals surface area contributed by atoms with Crippen molar-refractivity contribution in [2.24, 2.45) is 0 Å². The molecule has 4 nitrogen and oxygen atoms in total. The third-order valence-corrected chi connectivity index (χ3v) is 5.51. The summed E-state index contributed by atoms with van der Waals surface area (Å²) in [6, 6.07) is 14.5. The Bertz CT molecular complexity index is 736. The van der Waals surface area contributed by atoms with Crippen molar-refractivity contribution in [1.82, 2.24) is 10.2 Å². The van der Waals surface area contributed by atoms with Gasteiger partial charge in [0.2, 0.25) is 0 Å². The van der Waals surface area contributed by atoms with Crippen molar-refractivity contribution in [2.45, 2.75) is 45.9 Å². The molecular formula is C23H31ClN2O2. The first-order valence-corrected chi connectivity index (χ1v) is 10.7. The number of rotatable bonds is 10. The Hall–Kier alpha value is -1.75. The van der Waals surface area contributed by atoms with Crippen LogP contribution in [0.25, 0.3) is 0 Å². The molecule has 0 bridgehead atoms. The topological polar surface area (TPSA) is 33.7 Å². The minimum absolute atomic E-state index is 0.487. The minimum Gasteiger partial charge on any atom is -0.490 e. The molecule has 1 heterocycles. The van der Waals surface area contributed by atoms with E-state index in [2.05, 4.69) is 23.2 Å². The van der Waals surface area contributed by atoms with Crippen molar-refractivity contribution in [3.8, 4) is 11.5 Å². The van der Waals surface area contributed by atoms with Crippen LogP contribution in [0.4, 0.5) is 0 Å². The zero-order chi connectivity index (χ0) is 19.8. The van der Waals surface area contributed by atoms with E-state index in [0.29, 0.717) is 19.3 Å². The van der Waals surface area contributed by atoms with Crippen molar-refractivity contribution < 1.29 is 9.47 Å². The van der Waals surface area contributed by atoms with Gasteiger partial charge in [-0.1, -0.05) is 42.8 Å². The summed E-state index contributed by atoms with van der Waals surface area (Å²) in [4.78, 5) is 2.56. The quantitative estimate of drug-likeness (QED) is 0.613. The number of likely N-dealkylation sites (tertiary alicyclic amines) is 1. The van der Waals surface area contributed by atoms with Crippen LogP contribution in [0, 0.1) is 0 Å². The summed E-state index contributed by atoms with van der Waals surface area (Å²) in [7, 11) is 0. The maximum absolute atomic E-state index is 6.19. The second kappa shape index (κ2) is 10.7. The van der Waals surface area contributed by atoms with Crippen LogP contribution in [0.5, 0.6) is 11.5 Å². The van der Waals surface area contributed by atoms with E-state index in [1.54, 1.807) is 0 Å². The summed E-state index contributed by atoms with van der Waals surface area (Å²) in [6.45, 7) is 9.45. The van der Waals surface area contributed by atoms with Crippen LogP contribution in [0.15, 0.2) is 42.5 Å². The van der Waals surface area contributed by atoms with E-state index < -0.39 is 0 Å². The molecule has 28 heavy (non-hydrogen) atoms. The zero-order valence-corrected chi connectivity index (χ0v) is 17.7. The number of nitrogens with one attached hydrogen (secondary N) is 1. The molecule has 1 N–H and O–H groups in total. The van der Waals surface area contributed by atoms with E-state index in [9.17, 15) is 0 Å². The van der Waals surface area contributed by atoms with Gasteiger partial charge in [-0.15, -0.1) is 0 Å². The van der Waals surface area contributed by atoms with Gasteiger partial charge in [0.15, 0.2) is 11.5 Å². The highest BCUT2D eigenvalue weighted by molar-refractivity contribution is 6.30. The van der Waals surface area contributed by atoms with Crippen LogP contribution in [0.2, 0.25) is 5.02 Å². The Labute approximate surface area is 173 Å². The number of benzene rings is 2. The SMILES string of the molecule is CCOc1cccc(CNC[C@@H]2CCCN2CC)c1OCc1ccc(Cl)cc1. The molecule has 0 aliphatic carbocycles. The fraction of sp³-hybridized carbons (Fsp3) is 0.478. The van der Waals surface area contributed by atoms with Crippen LogP contribution in [0.3, 0.4) is 0 Å². The predicted molar refractivity (Wildman–Crippen MR) is 115 cm³/mol. The summed E-state index contributed by atoms with van der Waals surface area (Å²) in [6.07, 6.45) is 2.58. The second-order valence-electron chi connectivity index (χ2n) is 7.15. The van der Waals surface area contributed by atoms with Crippen molar-refractivity contribution in [3.63, 3.8) is 0 Å². The van der Waals surface area contributed by atoms with Gasteiger partial charge in [-0.2, -0.15) is 0 Å². The highest BCUT2D eigenvalue weighted by atomic mass is 35.5. The lowest BCUT2D eigenvalue weighted by molar-refractivity contribution is 0.256. The van der Waals surface area contributed by atoms with E-state index >= 15 is 0 Å². The van der Waals surface area contributed by atoms with Crippen LogP contribution in [0.1, 0.15) is 37.8 Å². The fourth-order valence-electron chi connectivity index (χ4n) is 3.79. The fourth-order valence-corrected chi connectivity index (χ4v) is 3.91. The van der Waals surface area contributed by atoms with E-state index in [-0.39, 0.29) is 0 Å². The molecule has 1 aliphatic heterocycles. The summed E-state index contributed by atoms with van der Waals surface area (Å²) in [5.74, 6) is 1.62. The molecule has 1 fully saturated rings. The molecule has 0 radical (unpaired) electrons. The third-order valence-electron chi connectivity index (χ3n) is 5.26. The summed E-state index contributed by atoms with van der Waals surface area (Å²) >= 11 is 5.98. The lowest BCUT2D eigenvalue weighted by Crippen LogP contribution is -2.37. The average molecular weight is 403 g/mol. The first-order chi connectivity index (χ1) is 13.7. The van der Waals surface area contributed by atoms with Crippen molar-refractivity contribution in [1.29, 1.82) is 0 Å². The van der Waals surface area contributed by atoms with Gasteiger partial charge in [-0.3, -0.25) is 4.90 Å². The van der Waals surface area contributed by atoms with Crippen molar-refractivity contribution in [3.05, 3.63) is 58.6 Å². The number of likely N-dealkylation sites (N-methyl/N-ethyl adjacent to an activating group) is 1. The van der Waals surface area contributed by atoms with Gasteiger partial charge < -0.3 is 14.8 Å². The Morgan fingerprint density at radius 1 is 1.11 bits per heavy atom. The van der Waals surface area contributed by atoms with Gasteiger partial charge >= 0.3 is 0 Å². The molecule has 0 spiro atoms. The molecule has 5 heteroatoms. The zero-order valence-electron chi connectivity index (χ0n) is 16.9. The van der Waals surface area contributed by atoms with Crippen molar-refractivity contribution in [2.75, 3.05) is 26.2 Å². The molecule has 0 amide bonds. The van der Waals surface area contributed by atoms with Gasteiger partial charge in [0.25, 0.3) is 0 Å². The smallest absolute Gasteiger partial charge is 0.166 e. The first-order valence-electron chi connectivity index (χ1n) is 10.3. The average Bonchev–Trinajstić information content (AvgIpc) is 3.16. The minimum atomic E-state index is 0.487. The van der Waals surface area contributed by atoms with Crippen LogP contribution in [-0.2, 0) is 13.2 Å². The van der Waals surface area contributed by atoms with E-state index in [4.69, 9.17) is 21.1 Å². The van der Waals surface area contributed by atoms with Crippen LogP contribution < -0.4 is 14.8 Å². The number of hydrogen-bond donors (Lipinski definition) is 1. The molecule has 0 unspecified atom stereocenters. The molecule has 1 saturated heterocycles. The van der Waals surface area contributed by atoms with Gasteiger partial charge in [0.1, 0.15) is 6.61 Å². The molecule has 0 aromatic heterocycles. The summed E-state index contributed by atoms with van der Waals surface area (Å²) < 4.78 is 12.0. The summed E-state index contributed by atoms with van der Waals surface area (Å²) in [5.41, 5.74) is 2.21. The van der Waals surface area contributed by atoms with Crippen molar-refractivity contribution >= 4 is 11.6 Å². The number of para-hydroxylation sites is 1. The van der Waals surface area contributed by atoms with Gasteiger partial charge in [0.05, 0.1) is 6.61 Å². The van der Waals surface area contributed by atoms with E-state index in [0.717, 1.165) is 47.3 Å². The molecule has 152 valence electrons. The molecule has 1 aliphatic rings. The van der Waals surface area contributed by atoms with Crippen LogP contribution >= 0.6 is 11.6 Å². The molecule has 2 aromatic carbocycles. The molecule has 0 saturated carbocycles. The number of nitrogens with zero attached hydrogens (tertiary/aromatic N) is 1. The lowest BCUT2D eigenvalue weighted by atomic mass is 10.1. The third kappa shape index (κ3) is 5.63. The molecule has 1 atom stereocenters. The van der Waals surface area contributed by atoms with Gasteiger partial charge in [-0.25, -0.2) is 0 Å². The molecule has 2 aromatic rings. The molecule has 3 rings (SSSR count). The predicted octanol–water partition coefficient (Wildman–Crippen LogP) is 4.89. The largest absolute Gasteiger partial charge is 0.490 e. The maximum atomic E-state index is 6.19. The Kier molecular flexibility index (Phi) is 8.01. The monoisotopic (exact) mass is 402 g/mol. The Morgan fingerprint density at radius 3 is 2.68 bits per heavy atom. The van der Waals surface area contributed by atoms with Gasteiger partial charge in [-0.05, 0) is 56.6 Å². The second-order valence-corrected chi connectivity index (χ2v) is 7.58. The highest BCUT2D eigenvalue weighted by Gasteiger charge is 2.22. The standard InChI is InChI=1S/C23H31ClN2O2/c1-3-26-14-6-8-21(26)16-25-15-19-7-5-9-22(27-4-2)23(19)28-17-18-10-12-20(24)13-11-18/h5,7,9-13,21,25H,3-4,6,8,14-17H2,1-2H3/t21-/m0/s1. The normalized spacial score (nSPS) is 17.0. The van der Waals surface area contributed by atoms with E-state index in [1.807, 2.05) is 43.3 Å². The highest BCUT2D eigenvalue weighted by Crippen LogP contribution is 2.32. The maximum Gasteiger partial charge on any atom is 0.166 e. The molecular weight excluding hydrogens is 372 g/mol. The van der Waals surface area contributed by atoms with Crippen LogP contribution in [-0.4, -0.2) is 37.2 Å². The number of ether oxygens (including phenoxy) is 2. The van der Waals surface area contributed by atoms with Gasteiger partial charge in [0, 0.05) is 29.7 Å². The number of halogens is 1. The first kappa shape index (κ1) is 21.0. The van der Waals surface area contributed by atoms with E-state index in [1.165, 1.54) is 19.4 Å². The summed E-state index contributed by atoms with van der Waals surface area (Å²) in [5, 5.41) is 4.36. The Balaban J connectivity index is 1.65. The lowest BCUT2D eigenvalue weighted by Gasteiger charge is -2.23.